The van der Waals surface area contributed by atoms with Crippen LogP contribution >= 0.6 is 0 Å². The highest BCUT2D eigenvalue weighted by Gasteiger charge is 2.34. The molecular weight excluding hydrogens is 228 g/mol. The first kappa shape index (κ1) is 13.1. The Morgan fingerprint density at radius 2 is 2.17 bits per heavy atom. The summed E-state index contributed by atoms with van der Waals surface area (Å²) >= 11 is 0. The van der Waals surface area contributed by atoms with Gasteiger partial charge in [0.25, 0.3) is 0 Å². The summed E-state index contributed by atoms with van der Waals surface area (Å²) in [5.74, 6) is 0.707. The molecule has 1 aliphatic carbocycles. The van der Waals surface area contributed by atoms with E-state index in [1.807, 2.05) is 19.1 Å². The average Bonchev–Trinajstić information content (AvgIpc) is 2.33. The Morgan fingerprint density at radius 1 is 1.44 bits per heavy atom. The Kier molecular flexibility index (Phi) is 3.71. The van der Waals surface area contributed by atoms with Gasteiger partial charge in [0.1, 0.15) is 5.75 Å². The van der Waals surface area contributed by atoms with Gasteiger partial charge in [-0.3, -0.25) is 4.79 Å². The summed E-state index contributed by atoms with van der Waals surface area (Å²) in [6.07, 6.45) is 3.66. The molecular formula is C15H20O3. The van der Waals surface area contributed by atoms with Crippen LogP contribution in [0.2, 0.25) is 0 Å². The molecule has 0 unspecified atom stereocenters. The molecule has 1 fully saturated rings. The van der Waals surface area contributed by atoms with Crippen molar-refractivity contribution in [3.05, 3.63) is 29.3 Å². The summed E-state index contributed by atoms with van der Waals surface area (Å²) in [7, 11) is 1.58. The highest BCUT2D eigenvalue weighted by molar-refractivity contribution is 5.99. The van der Waals surface area contributed by atoms with Crippen molar-refractivity contribution in [2.24, 2.45) is 0 Å². The first-order valence-corrected chi connectivity index (χ1v) is 6.45. The monoisotopic (exact) mass is 248 g/mol. The molecule has 0 heterocycles. The summed E-state index contributed by atoms with van der Waals surface area (Å²) in [4.78, 5) is 12.2. The zero-order valence-electron chi connectivity index (χ0n) is 11.0. The van der Waals surface area contributed by atoms with E-state index in [1.54, 1.807) is 13.2 Å². The van der Waals surface area contributed by atoms with Gasteiger partial charge in [0.15, 0.2) is 5.78 Å². The molecule has 3 nitrogen and oxygen atoms in total. The van der Waals surface area contributed by atoms with Crippen LogP contribution in [0, 0.1) is 6.92 Å². The molecule has 0 spiro atoms. The van der Waals surface area contributed by atoms with Crippen molar-refractivity contribution in [2.75, 3.05) is 7.11 Å². The second-order valence-corrected chi connectivity index (χ2v) is 5.16. The lowest BCUT2D eigenvalue weighted by atomic mass is 9.76. The number of ketones is 1. The number of hydrogen-bond donors (Lipinski definition) is 1. The van der Waals surface area contributed by atoms with Gasteiger partial charge in [0.05, 0.1) is 18.3 Å². The van der Waals surface area contributed by atoms with Crippen LogP contribution in [0.25, 0.3) is 0 Å². The predicted octanol–water partition coefficient (Wildman–Crippen LogP) is 2.88. The summed E-state index contributed by atoms with van der Waals surface area (Å²) in [6.45, 7) is 1.93. The maximum absolute atomic E-state index is 12.2. The number of rotatable bonds is 5. The standard InChI is InChI=1S/C15H20O3/c1-11-5-3-6-12(14(11)18-2)13(16)7-10-15(17)8-4-9-15/h3,5-6,17H,4,7-10H2,1-2H3. The quantitative estimate of drug-likeness (QED) is 0.815. The molecule has 0 bridgehead atoms. The Morgan fingerprint density at radius 3 is 2.72 bits per heavy atom. The fourth-order valence-electron chi connectivity index (χ4n) is 2.46. The Bertz CT molecular complexity index is 447. The largest absolute Gasteiger partial charge is 0.496 e. The number of hydrogen-bond acceptors (Lipinski definition) is 3. The first-order valence-electron chi connectivity index (χ1n) is 6.45. The zero-order valence-corrected chi connectivity index (χ0v) is 11.0. The summed E-state index contributed by atoms with van der Waals surface area (Å²) < 4.78 is 5.29. The minimum Gasteiger partial charge on any atom is -0.496 e. The Balaban J connectivity index is 2.06. The van der Waals surface area contributed by atoms with Gasteiger partial charge in [0, 0.05) is 6.42 Å². The summed E-state index contributed by atoms with van der Waals surface area (Å²) in [5, 5.41) is 10.0. The molecule has 0 amide bonds. The number of Topliss-reactive ketones (excluding diaryl/α,β-unsaturated/α-hetero) is 1. The summed E-state index contributed by atoms with van der Waals surface area (Å²) in [5.41, 5.74) is 0.998. The molecule has 1 saturated carbocycles. The fraction of sp³-hybridized carbons (Fsp3) is 0.533. The van der Waals surface area contributed by atoms with Crippen LogP contribution in [0.4, 0.5) is 0 Å². The van der Waals surface area contributed by atoms with Gasteiger partial charge in [-0.2, -0.15) is 0 Å². The van der Waals surface area contributed by atoms with Crippen molar-refractivity contribution in [3.63, 3.8) is 0 Å². The molecule has 18 heavy (non-hydrogen) atoms. The third-order valence-electron chi connectivity index (χ3n) is 3.82. The van der Waals surface area contributed by atoms with Crippen LogP contribution < -0.4 is 4.74 Å². The lowest BCUT2D eigenvalue weighted by molar-refractivity contribution is -0.0401. The average molecular weight is 248 g/mol. The van der Waals surface area contributed by atoms with E-state index in [-0.39, 0.29) is 5.78 Å². The van der Waals surface area contributed by atoms with Crippen LogP contribution in [0.1, 0.15) is 48.0 Å². The zero-order chi connectivity index (χ0) is 13.2. The van der Waals surface area contributed by atoms with Gasteiger partial charge in [0.2, 0.25) is 0 Å². The van der Waals surface area contributed by atoms with Crippen molar-refractivity contribution in [1.82, 2.24) is 0 Å². The van der Waals surface area contributed by atoms with Gasteiger partial charge < -0.3 is 9.84 Å². The molecule has 1 aromatic rings. The van der Waals surface area contributed by atoms with Crippen molar-refractivity contribution in [1.29, 1.82) is 0 Å². The van der Waals surface area contributed by atoms with Crippen LogP contribution in [0.3, 0.4) is 0 Å². The van der Waals surface area contributed by atoms with Crippen LogP contribution in [-0.4, -0.2) is 23.6 Å². The third-order valence-corrected chi connectivity index (χ3v) is 3.82. The van der Waals surface area contributed by atoms with Gasteiger partial charge in [-0.15, -0.1) is 0 Å². The summed E-state index contributed by atoms with van der Waals surface area (Å²) in [6, 6.07) is 5.58. The third kappa shape index (κ3) is 2.56. The van der Waals surface area contributed by atoms with E-state index < -0.39 is 5.60 Å². The van der Waals surface area contributed by atoms with E-state index >= 15 is 0 Å². The highest BCUT2D eigenvalue weighted by Crippen LogP contribution is 2.36. The van der Waals surface area contributed by atoms with Crippen molar-refractivity contribution >= 4 is 5.78 Å². The Hall–Kier alpha value is -1.35. The molecule has 2 rings (SSSR count). The number of ether oxygens (including phenoxy) is 1. The second-order valence-electron chi connectivity index (χ2n) is 5.16. The van der Waals surface area contributed by atoms with Crippen LogP contribution in [0.5, 0.6) is 5.75 Å². The fourth-order valence-corrected chi connectivity index (χ4v) is 2.46. The second kappa shape index (κ2) is 5.11. The Labute approximate surface area is 108 Å². The molecule has 0 atom stereocenters. The first-order chi connectivity index (χ1) is 8.56. The maximum atomic E-state index is 12.2. The van der Waals surface area contributed by atoms with Crippen LogP contribution in [0.15, 0.2) is 18.2 Å². The number of aryl methyl sites for hydroxylation is 1. The minimum absolute atomic E-state index is 0.0517. The molecule has 3 heteroatoms. The molecule has 1 aliphatic rings. The molecule has 98 valence electrons. The van der Waals surface area contributed by atoms with E-state index in [2.05, 4.69) is 0 Å². The van der Waals surface area contributed by atoms with E-state index in [4.69, 9.17) is 4.74 Å². The number of benzene rings is 1. The van der Waals surface area contributed by atoms with Crippen LogP contribution in [-0.2, 0) is 0 Å². The lowest BCUT2D eigenvalue weighted by Crippen LogP contribution is -2.37. The lowest BCUT2D eigenvalue weighted by Gasteiger charge is -2.36. The van der Waals surface area contributed by atoms with E-state index in [9.17, 15) is 9.90 Å². The number of para-hydroxylation sites is 1. The molecule has 0 saturated heterocycles. The van der Waals surface area contributed by atoms with E-state index in [0.717, 1.165) is 24.8 Å². The minimum atomic E-state index is -0.591. The van der Waals surface area contributed by atoms with Crippen molar-refractivity contribution in [2.45, 2.75) is 44.6 Å². The molecule has 0 radical (unpaired) electrons. The number of carbonyl (C=O) groups excluding carboxylic acids is 1. The SMILES string of the molecule is COc1c(C)cccc1C(=O)CCC1(O)CCC1. The van der Waals surface area contributed by atoms with Gasteiger partial charge in [-0.25, -0.2) is 0 Å². The molecule has 0 aromatic heterocycles. The molecule has 1 N–H and O–H groups in total. The molecule has 0 aliphatic heterocycles. The smallest absolute Gasteiger partial charge is 0.166 e. The molecule has 1 aromatic carbocycles. The van der Waals surface area contributed by atoms with Gasteiger partial charge in [-0.05, 0) is 44.2 Å². The van der Waals surface area contributed by atoms with E-state index in [1.165, 1.54) is 0 Å². The number of methoxy groups -OCH3 is 1. The van der Waals surface area contributed by atoms with Crippen molar-refractivity contribution < 1.29 is 14.6 Å². The van der Waals surface area contributed by atoms with Crippen molar-refractivity contribution in [3.8, 4) is 5.75 Å². The number of carbonyl (C=O) groups is 1. The van der Waals surface area contributed by atoms with Gasteiger partial charge >= 0.3 is 0 Å². The normalized spacial score (nSPS) is 17.1. The number of aliphatic hydroxyl groups is 1. The maximum Gasteiger partial charge on any atom is 0.166 e. The predicted molar refractivity (Wildman–Crippen MR) is 70.1 cm³/mol. The van der Waals surface area contributed by atoms with Gasteiger partial charge in [-0.1, -0.05) is 12.1 Å². The topological polar surface area (TPSA) is 46.5 Å². The van der Waals surface area contributed by atoms with E-state index in [0.29, 0.717) is 24.2 Å². The highest BCUT2D eigenvalue weighted by atomic mass is 16.5.